The molecule has 1 aromatic rings. The second-order valence-corrected chi connectivity index (χ2v) is 5.55. The monoisotopic (exact) mass is 263 g/mol. The summed E-state index contributed by atoms with van der Waals surface area (Å²) < 4.78 is 14.3. The summed E-state index contributed by atoms with van der Waals surface area (Å²) in [5, 5.41) is 9.01. The number of benzene rings is 1. The number of nitrogens with zero attached hydrogens (tertiary/aromatic N) is 1. The number of rotatable bonds is 2. The van der Waals surface area contributed by atoms with Gasteiger partial charge < -0.3 is 10.0 Å². The molecule has 1 unspecified atom stereocenters. The largest absolute Gasteiger partial charge is 0.481 e. The summed E-state index contributed by atoms with van der Waals surface area (Å²) in [6.07, 6.45) is 3.85. The number of likely N-dealkylation sites (N-methyl/N-ethyl adjacent to an activating group) is 1. The fourth-order valence-electron chi connectivity index (χ4n) is 2.21. The highest BCUT2D eigenvalue weighted by molar-refractivity contribution is 5.79. The third-order valence-electron chi connectivity index (χ3n) is 3.86. The Labute approximate surface area is 112 Å². The fourth-order valence-corrected chi connectivity index (χ4v) is 2.21. The van der Waals surface area contributed by atoms with Crippen molar-refractivity contribution in [3.63, 3.8) is 0 Å². The molecule has 0 aromatic heterocycles. The first-order chi connectivity index (χ1) is 8.74. The number of halogens is 1. The Morgan fingerprint density at radius 1 is 1.42 bits per heavy atom. The SMILES string of the molecule is CC(C(=O)O)c1cc(F)c2c(c1)C=CC(C)(C)N2C. The van der Waals surface area contributed by atoms with Crippen LogP contribution in [0.2, 0.25) is 0 Å². The number of aliphatic carboxylic acids is 1. The lowest BCUT2D eigenvalue weighted by molar-refractivity contribution is -0.138. The summed E-state index contributed by atoms with van der Waals surface area (Å²) in [5.41, 5.74) is 1.48. The predicted octanol–water partition coefficient (Wildman–Crippen LogP) is 3.26. The quantitative estimate of drug-likeness (QED) is 0.890. The Bertz CT molecular complexity index is 564. The van der Waals surface area contributed by atoms with Crippen LogP contribution < -0.4 is 4.90 Å². The summed E-state index contributed by atoms with van der Waals surface area (Å²) in [5.74, 6) is -2.04. The minimum atomic E-state index is -0.951. The van der Waals surface area contributed by atoms with Crippen LogP contribution in [0.1, 0.15) is 37.8 Å². The molecule has 102 valence electrons. The van der Waals surface area contributed by atoms with Crippen molar-refractivity contribution in [2.45, 2.75) is 32.2 Å². The van der Waals surface area contributed by atoms with E-state index >= 15 is 0 Å². The highest BCUT2D eigenvalue weighted by Gasteiger charge is 2.29. The predicted molar refractivity (Wildman–Crippen MR) is 74.0 cm³/mol. The van der Waals surface area contributed by atoms with Crippen molar-refractivity contribution in [1.82, 2.24) is 0 Å². The average Bonchev–Trinajstić information content (AvgIpc) is 2.32. The van der Waals surface area contributed by atoms with Gasteiger partial charge in [0.15, 0.2) is 0 Å². The summed E-state index contributed by atoms with van der Waals surface area (Å²) in [7, 11) is 1.84. The van der Waals surface area contributed by atoms with Crippen LogP contribution in [-0.4, -0.2) is 23.7 Å². The fraction of sp³-hybridized carbons (Fsp3) is 0.400. The van der Waals surface area contributed by atoms with E-state index < -0.39 is 11.9 Å². The molecule has 1 atom stereocenters. The van der Waals surface area contributed by atoms with Crippen LogP contribution in [0.3, 0.4) is 0 Å². The second-order valence-electron chi connectivity index (χ2n) is 5.55. The van der Waals surface area contributed by atoms with Gasteiger partial charge in [-0.25, -0.2) is 4.39 Å². The van der Waals surface area contributed by atoms with Gasteiger partial charge in [-0.3, -0.25) is 4.79 Å². The van der Waals surface area contributed by atoms with Gasteiger partial charge in [0.25, 0.3) is 0 Å². The van der Waals surface area contributed by atoms with E-state index in [1.165, 1.54) is 6.07 Å². The Morgan fingerprint density at radius 2 is 2.05 bits per heavy atom. The topological polar surface area (TPSA) is 40.5 Å². The molecule has 1 N–H and O–H groups in total. The van der Waals surface area contributed by atoms with Crippen LogP contribution in [0.15, 0.2) is 18.2 Å². The van der Waals surface area contributed by atoms with E-state index in [9.17, 15) is 9.18 Å². The number of carboxylic acid groups (broad SMARTS) is 1. The maximum absolute atomic E-state index is 14.3. The molecule has 2 rings (SSSR count). The van der Waals surface area contributed by atoms with Crippen LogP contribution in [0.4, 0.5) is 10.1 Å². The van der Waals surface area contributed by atoms with Gasteiger partial charge in [-0.15, -0.1) is 0 Å². The maximum Gasteiger partial charge on any atom is 0.310 e. The van der Waals surface area contributed by atoms with Crippen molar-refractivity contribution in [3.8, 4) is 0 Å². The minimum absolute atomic E-state index is 0.256. The number of hydrogen-bond donors (Lipinski definition) is 1. The van der Waals surface area contributed by atoms with Gasteiger partial charge in [-0.05, 0) is 38.5 Å². The van der Waals surface area contributed by atoms with E-state index in [0.29, 0.717) is 11.3 Å². The van der Waals surface area contributed by atoms with Gasteiger partial charge in [0, 0.05) is 12.6 Å². The summed E-state index contributed by atoms with van der Waals surface area (Å²) in [6.45, 7) is 5.56. The first-order valence-corrected chi connectivity index (χ1v) is 6.23. The second kappa shape index (κ2) is 4.37. The summed E-state index contributed by atoms with van der Waals surface area (Å²) in [6, 6.07) is 3.07. The first-order valence-electron chi connectivity index (χ1n) is 6.23. The highest BCUT2D eigenvalue weighted by Crippen LogP contribution is 2.37. The zero-order chi connectivity index (χ0) is 14.4. The molecule has 1 aromatic carbocycles. The molecule has 0 aliphatic carbocycles. The Kier molecular flexibility index (Phi) is 3.12. The molecule has 19 heavy (non-hydrogen) atoms. The van der Waals surface area contributed by atoms with Gasteiger partial charge in [-0.1, -0.05) is 12.2 Å². The number of hydrogen-bond acceptors (Lipinski definition) is 2. The van der Waals surface area contributed by atoms with E-state index in [-0.39, 0.29) is 11.4 Å². The van der Waals surface area contributed by atoms with E-state index in [4.69, 9.17) is 5.11 Å². The van der Waals surface area contributed by atoms with Gasteiger partial charge in [0.1, 0.15) is 5.82 Å². The van der Waals surface area contributed by atoms with Crippen LogP contribution >= 0.6 is 0 Å². The molecule has 1 aliphatic rings. The molecule has 1 aliphatic heterocycles. The van der Waals surface area contributed by atoms with Crippen LogP contribution in [0.25, 0.3) is 6.08 Å². The molecular formula is C15H18FNO2. The van der Waals surface area contributed by atoms with Crippen molar-refractivity contribution in [2.75, 3.05) is 11.9 Å². The van der Waals surface area contributed by atoms with Crippen LogP contribution in [0.5, 0.6) is 0 Å². The zero-order valence-corrected chi connectivity index (χ0v) is 11.6. The van der Waals surface area contributed by atoms with Gasteiger partial charge in [-0.2, -0.15) is 0 Å². The molecule has 0 bridgehead atoms. The lowest BCUT2D eigenvalue weighted by Gasteiger charge is -2.39. The number of fused-ring (bicyclic) bond motifs is 1. The molecule has 0 saturated heterocycles. The highest BCUT2D eigenvalue weighted by atomic mass is 19.1. The normalized spacial score (nSPS) is 18.1. The maximum atomic E-state index is 14.3. The van der Waals surface area contributed by atoms with Crippen LogP contribution in [0, 0.1) is 5.82 Å². The molecule has 0 radical (unpaired) electrons. The van der Waals surface area contributed by atoms with Gasteiger partial charge in [0.05, 0.1) is 17.1 Å². The summed E-state index contributed by atoms with van der Waals surface area (Å²) >= 11 is 0. The first kappa shape index (κ1) is 13.6. The standard InChI is InChI=1S/C15H18FNO2/c1-9(14(18)19)11-7-10-5-6-15(2,3)17(4)13(10)12(16)8-11/h5-9H,1-4H3,(H,18,19). The number of carboxylic acids is 1. The Morgan fingerprint density at radius 3 is 2.63 bits per heavy atom. The van der Waals surface area contributed by atoms with Crippen molar-refractivity contribution in [2.24, 2.45) is 0 Å². The lowest BCUT2D eigenvalue weighted by atomic mass is 9.91. The summed E-state index contributed by atoms with van der Waals surface area (Å²) in [4.78, 5) is 12.9. The molecule has 1 heterocycles. The third kappa shape index (κ3) is 2.23. The van der Waals surface area contributed by atoms with E-state index in [1.54, 1.807) is 13.0 Å². The molecule has 3 nitrogen and oxygen atoms in total. The van der Waals surface area contributed by atoms with Crippen molar-refractivity contribution in [3.05, 3.63) is 35.2 Å². The molecule has 0 amide bonds. The smallest absolute Gasteiger partial charge is 0.310 e. The van der Waals surface area contributed by atoms with E-state index in [1.807, 2.05) is 37.9 Å². The van der Waals surface area contributed by atoms with Crippen molar-refractivity contribution < 1.29 is 14.3 Å². The van der Waals surface area contributed by atoms with Gasteiger partial charge in [0.2, 0.25) is 0 Å². The molecule has 4 heteroatoms. The number of carbonyl (C=O) groups is 1. The van der Waals surface area contributed by atoms with Crippen LogP contribution in [-0.2, 0) is 4.79 Å². The number of anilines is 1. The molecule has 0 fully saturated rings. The minimum Gasteiger partial charge on any atom is -0.481 e. The van der Waals surface area contributed by atoms with E-state index in [2.05, 4.69) is 0 Å². The molecular weight excluding hydrogens is 245 g/mol. The average molecular weight is 263 g/mol. The molecule has 0 saturated carbocycles. The Balaban J connectivity index is 2.56. The Hall–Kier alpha value is -1.84. The van der Waals surface area contributed by atoms with Crippen molar-refractivity contribution in [1.29, 1.82) is 0 Å². The molecule has 0 spiro atoms. The van der Waals surface area contributed by atoms with E-state index in [0.717, 1.165) is 5.56 Å². The van der Waals surface area contributed by atoms with Gasteiger partial charge >= 0.3 is 5.97 Å². The lowest BCUT2D eigenvalue weighted by Crippen LogP contribution is -2.41. The third-order valence-corrected chi connectivity index (χ3v) is 3.86. The van der Waals surface area contributed by atoms with Crippen molar-refractivity contribution >= 4 is 17.7 Å². The zero-order valence-electron chi connectivity index (χ0n) is 11.6.